The van der Waals surface area contributed by atoms with E-state index >= 15 is 0 Å². The first kappa shape index (κ1) is 23.1. The van der Waals surface area contributed by atoms with Crippen LogP contribution in [0.2, 0.25) is 0 Å². The highest BCUT2D eigenvalue weighted by Crippen LogP contribution is 2.25. The van der Waals surface area contributed by atoms with Gasteiger partial charge in [0, 0.05) is 38.3 Å². The van der Waals surface area contributed by atoms with Crippen molar-refractivity contribution in [2.75, 3.05) is 32.7 Å². The molecule has 0 spiro atoms. The third kappa shape index (κ3) is 6.38. The number of carbonyl (C=O) groups is 1. The van der Waals surface area contributed by atoms with Crippen LogP contribution in [0.4, 0.5) is 13.2 Å². The van der Waals surface area contributed by atoms with E-state index in [2.05, 4.69) is 10.6 Å². The molecule has 3 rings (SSSR count). The summed E-state index contributed by atoms with van der Waals surface area (Å²) in [4.78, 5) is 13.7. The fraction of sp³-hybridized carbons (Fsp3) is 0.421. The first-order valence-electron chi connectivity index (χ1n) is 8.99. The molecule has 0 aliphatic carbocycles. The number of alkyl halides is 3. The van der Waals surface area contributed by atoms with E-state index in [1.807, 2.05) is 18.2 Å². The van der Waals surface area contributed by atoms with Gasteiger partial charge in [0.05, 0.1) is 6.26 Å². The second-order valence-corrected chi connectivity index (χ2v) is 6.43. The molecule has 160 valence electrons. The summed E-state index contributed by atoms with van der Waals surface area (Å²) in [6, 6.07) is 8.83. The second-order valence-electron chi connectivity index (χ2n) is 6.43. The first-order chi connectivity index (χ1) is 13.4. The van der Waals surface area contributed by atoms with Crippen molar-refractivity contribution in [2.45, 2.75) is 18.8 Å². The Labute approximate surface area is 172 Å². The Kier molecular flexibility index (Phi) is 8.36. The molecule has 10 heteroatoms. The molecule has 1 saturated heterocycles. The second kappa shape index (κ2) is 10.5. The molecular weight excluding hydrogens is 411 g/mol. The minimum atomic E-state index is -4.44. The van der Waals surface area contributed by atoms with Crippen LogP contribution in [0.5, 0.6) is 5.75 Å². The number of nitrogens with zero attached hydrogens (tertiary/aromatic N) is 1. The highest BCUT2D eigenvalue weighted by Gasteiger charge is 2.44. The molecule has 1 atom stereocenters. The van der Waals surface area contributed by atoms with E-state index in [9.17, 15) is 18.0 Å². The average molecular weight is 434 g/mol. The molecule has 2 N–H and O–H groups in total. The Bertz CT molecular complexity index is 765. The van der Waals surface area contributed by atoms with Crippen LogP contribution in [0.3, 0.4) is 0 Å². The normalized spacial score (nSPS) is 16.0. The molecule has 2 aromatic rings. The third-order valence-corrected chi connectivity index (χ3v) is 4.52. The summed E-state index contributed by atoms with van der Waals surface area (Å²) in [5.74, 6) is -0.121. The molecule has 6 nitrogen and oxygen atoms in total. The Morgan fingerprint density at radius 2 is 1.90 bits per heavy atom. The van der Waals surface area contributed by atoms with E-state index in [0.717, 1.165) is 0 Å². The van der Waals surface area contributed by atoms with Crippen LogP contribution in [0, 0.1) is 0 Å². The number of furan rings is 1. The van der Waals surface area contributed by atoms with E-state index in [4.69, 9.17) is 9.15 Å². The van der Waals surface area contributed by atoms with Crippen LogP contribution in [0.15, 0.2) is 47.1 Å². The van der Waals surface area contributed by atoms with Gasteiger partial charge in [-0.05, 0) is 18.2 Å². The van der Waals surface area contributed by atoms with Crippen LogP contribution in [0.1, 0.15) is 16.1 Å². The van der Waals surface area contributed by atoms with Gasteiger partial charge in [-0.25, -0.2) is 0 Å². The Hall–Kier alpha value is -2.23. The Morgan fingerprint density at radius 1 is 1.21 bits per heavy atom. The lowest BCUT2D eigenvalue weighted by Crippen LogP contribution is -2.57. The van der Waals surface area contributed by atoms with E-state index in [0.29, 0.717) is 24.4 Å². The van der Waals surface area contributed by atoms with Gasteiger partial charge in [-0.3, -0.25) is 9.69 Å². The summed E-state index contributed by atoms with van der Waals surface area (Å²) in [6.45, 7) is 1.05. The van der Waals surface area contributed by atoms with Crippen molar-refractivity contribution >= 4 is 18.3 Å². The maximum Gasteiger partial charge on any atom is 0.405 e. The molecule has 1 aromatic carbocycles. The van der Waals surface area contributed by atoms with Crippen LogP contribution in [0.25, 0.3) is 0 Å². The number of carbonyl (C=O) groups excluding carboxylic acids is 1. The van der Waals surface area contributed by atoms with Crippen molar-refractivity contribution in [3.63, 3.8) is 0 Å². The van der Waals surface area contributed by atoms with Gasteiger partial charge in [0.15, 0.2) is 5.76 Å². The van der Waals surface area contributed by atoms with Crippen molar-refractivity contribution in [2.24, 2.45) is 0 Å². The van der Waals surface area contributed by atoms with Gasteiger partial charge in [0.1, 0.15) is 18.4 Å². The van der Waals surface area contributed by atoms with Gasteiger partial charge < -0.3 is 19.8 Å². The summed E-state index contributed by atoms with van der Waals surface area (Å²) in [5.41, 5.74) is 0.465. The van der Waals surface area contributed by atoms with Crippen LogP contribution in [-0.4, -0.2) is 55.7 Å². The van der Waals surface area contributed by atoms with Gasteiger partial charge in [0.25, 0.3) is 5.91 Å². The molecule has 29 heavy (non-hydrogen) atoms. The van der Waals surface area contributed by atoms with Crippen LogP contribution < -0.4 is 15.4 Å². The van der Waals surface area contributed by atoms with Crippen molar-refractivity contribution in [1.82, 2.24) is 15.5 Å². The fourth-order valence-electron chi connectivity index (χ4n) is 3.04. The summed E-state index contributed by atoms with van der Waals surface area (Å²) in [6.07, 6.45) is -3.12. The Morgan fingerprint density at radius 3 is 2.55 bits per heavy atom. The monoisotopic (exact) mass is 433 g/mol. The lowest BCUT2D eigenvalue weighted by molar-refractivity contribution is -0.183. The topological polar surface area (TPSA) is 66.7 Å². The van der Waals surface area contributed by atoms with Gasteiger partial charge in [-0.2, -0.15) is 13.2 Å². The zero-order valence-corrected chi connectivity index (χ0v) is 16.4. The molecular formula is C19H23ClF3N3O3. The zero-order valence-electron chi connectivity index (χ0n) is 15.6. The minimum absolute atomic E-state index is 0. The van der Waals surface area contributed by atoms with E-state index in [1.165, 1.54) is 11.2 Å². The SMILES string of the molecule is Cl.O=C(NCC(N1CCNCC1)C(F)(F)F)c1occc1COc1ccccc1. The molecule has 0 saturated carbocycles. The van der Waals surface area contributed by atoms with Crippen LogP contribution in [-0.2, 0) is 6.61 Å². The number of nitrogens with one attached hydrogen (secondary N) is 2. The molecule has 1 aromatic heterocycles. The lowest BCUT2D eigenvalue weighted by Gasteiger charge is -2.35. The van der Waals surface area contributed by atoms with Crippen molar-refractivity contribution < 1.29 is 27.1 Å². The fourth-order valence-corrected chi connectivity index (χ4v) is 3.04. The quantitative estimate of drug-likeness (QED) is 0.703. The number of para-hydroxylation sites is 1. The van der Waals surface area contributed by atoms with E-state index in [-0.39, 0.29) is 37.9 Å². The minimum Gasteiger partial charge on any atom is -0.489 e. The smallest absolute Gasteiger partial charge is 0.405 e. The number of piperazine rings is 1. The maximum absolute atomic E-state index is 13.4. The highest BCUT2D eigenvalue weighted by molar-refractivity contribution is 5.92. The number of rotatable bonds is 7. The van der Waals surface area contributed by atoms with Crippen molar-refractivity contribution in [3.8, 4) is 5.75 Å². The molecule has 1 amide bonds. The molecule has 1 unspecified atom stereocenters. The highest BCUT2D eigenvalue weighted by atomic mass is 35.5. The molecule has 0 bridgehead atoms. The number of ether oxygens (including phenoxy) is 1. The van der Waals surface area contributed by atoms with Crippen molar-refractivity contribution in [3.05, 3.63) is 54.0 Å². The number of hydrogen-bond acceptors (Lipinski definition) is 5. The summed E-state index contributed by atoms with van der Waals surface area (Å²) >= 11 is 0. The number of hydrogen-bond donors (Lipinski definition) is 2. The van der Waals surface area contributed by atoms with E-state index < -0.39 is 24.7 Å². The summed E-state index contributed by atoms with van der Waals surface area (Å²) in [7, 11) is 0. The third-order valence-electron chi connectivity index (χ3n) is 4.52. The number of benzene rings is 1. The van der Waals surface area contributed by atoms with Crippen LogP contribution >= 0.6 is 12.4 Å². The zero-order chi connectivity index (χ0) is 20.0. The predicted octanol–water partition coefficient (Wildman–Crippen LogP) is 2.85. The molecule has 1 aliphatic rings. The Balaban J connectivity index is 0.00000300. The van der Waals surface area contributed by atoms with Crippen molar-refractivity contribution in [1.29, 1.82) is 0 Å². The molecule has 1 fully saturated rings. The molecule has 0 radical (unpaired) electrons. The summed E-state index contributed by atoms with van der Waals surface area (Å²) in [5, 5.41) is 5.38. The predicted molar refractivity (Wildman–Crippen MR) is 103 cm³/mol. The lowest BCUT2D eigenvalue weighted by atomic mass is 10.2. The number of amides is 1. The standard InChI is InChI=1S/C19H22F3N3O3.ClH/c20-19(21,22)16(25-9-7-23-8-10-25)12-24-18(26)17-14(6-11-27-17)13-28-15-4-2-1-3-5-15;/h1-6,11,16,23H,7-10,12-13H2,(H,24,26);1H. The summed E-state index contributed by atoms with van der Waals surface area (Å²) < 4.78 is 51.0. The maximum atomic E-state index is 13.4. The van der Waals surface area contributed by atoms with Gasteiger partial charge in [-0.15, -0.1) is 12.4 Å². The van der Waals surface area contributed by atoms with Gasteiger partial charge in [0.2, 0.25) is 0 Å². The molecule has 1 aliphatic heterocycles. The molecule has 2 heterocycles. The van der Waals surface area contributed by atoms with E-state index in [1.54, 1.807) is 18.2 Å². The van der Waals surface area contributed by atoms with Gasteiger partial charge >= 0.3 is 6.18 Å². The van der Waals surface area contributed by atoms with Gasteiger partial charge in [-0.1, -0.05) is 18.2 Å². The average Bonchev–Trinajstić information content (AvgIpc) is 3.16. The number of halogens is 4. The largest absolute Gasteiger partial charge is 0.489 e. The first-order valence-corrected chi connectivity index (χ1v) is 8.99.